The normalized spacial score (nSPS) is 17.1. The van der Waals surface area contributed by atoms with Gasteiger partial charge in [0, 0.05) is 26.1 Å². The molecule has 138 valence electrons. The van der Waals surface area contributed by atoms with E-state index in [2.05, 4.69) is 10.4 Å². The van der Waals surface area contributed by atoms with E-state index in [1.807, 2.05) is 30.3 Å². The Labute approximate surface area is 150 Å². The maximum absolute atomic E-state index is 12.5. The van der Waals surface area contributed by atoms with Crippen LogP contribution in [0, 0.1) is 0 Å². The van der Waals surface area contributed by atoms with Gasteiger partial charge >= 0.3 is 11.7 Å². The number of para-hydroxylation sites is 1. The van der Waals surface area contributed by atoms with Crippen molar-refractivity contribution in [3.8, 4) is 5.69 Å². The molecule has 1 aliphatic heterocycles. The first-order valence-electron chi connectivity index (χ1n) is 8.50. The molecule has 2 aromatic rings. The number of carbonyl (C=O) groups is 2. The predicted octanol–water partition coefficient (Wildman–Crippen LogP) is -0.0547. The van der Waals surface area contributed by atoms with E-state index >= 15 is 0 Å². The molecule has 3 rings (SSSR count). The van der Waals surface area contributed by atoms with Gasteiger partial charge in [0.25, 0.3) is 0 Å². The maximum atomic E-state index is 12.5. The number of amides is 3. The first-order chi connectivity index (χ1) is 12.5. The summed E-state index contributed by atoms with van der Waals surface area (Å²) in [5.74, 6) is 0.387. The van der Waals surface area contributed by atoms with Crippen LogP contribution < -0.4 is 16.7 Å². The van der Waals surface area contributed by atoms with Gasteiger partial charge in [-0.1, -0.05) is 18.2 Å². The molecular weight excluding hydrogens is 336 g/mol. The van der Waals surface area contributed by atoms with Gasteiger partial charge in [0.05, 0.1) is 12.2 Å². The van der Waals surface area contributed by atoms with Crippen LogP contribution in [0.5, 0.6) is 0 Å². The van der Waals surface area contributed by atoms with Gasteiger partial charge in [-0.05, 0) is 25.0 Å². The highest BCUT2D eigenvalue weighted by Gasteiger charge is 2.29. The van der Waals surface area contributed by atoms with E-state index < -0.39 is 6.03 Å². The Bertz CT molecular complexity index is 857. The third-order valence-corrected chi connectivity index (χ3v) is 4.52. The fourth-order valence-corrected chi connectivity index (χ4v) is 3.26. The largest absolute Gasteiger partial charge is 0.352 e. The fourth-order valence-electron chi connectivity index (χ4n) is 3.26. The summed E-state index contributed by atoms with van der Waals surface area (Å²) in [6.45, 7) is 0.927. The summed E-state index contributed by atoms with van der Waals surface area (Å²) in [4.78, 5) is 37.3. The summed E-state index contributed by atoms with van der Waals surface area (Å²) < 4.78 is 2.91. The molecular formula is C17H22N6O3. The van der Waals surface area contributed by atoms with E-state index in [4.69, 9.17) is 5.73 Å². The first kappa shape index (κ1) is 17.7. The van der Waals surface area contributed by atoms with Crippen molar-refractivity contribution < 1.29 is 9.59 Å². The minimum atomic E-state index is -0.727. The monoisotopic (exact) mass is 358 g/mol. The van der Waals surface area contributed by atoms with Crippen molar-refractivity contribution in [1.82, 2.24) is 24.6 Å². The van der Waals surface area contributed by atoms with E-state index in [9.17, 15) is 14.4 Å². The van der Waals surface area contributed by atoms with Crippen molar-refractivity contribution in [2.24, 2.45) is 12.8 Å². The lowest BCUT2D eigenvalue weighted by atomic mass is 9.97. The molecule has 0 aliphatic carbocycles. The number of nitrogens with zero attached hydrogens (tertiary/aromatic N) is 4. The summed E-state index contributed by atoms with van der Waals surface area (Å²) in [6.07, 6.45) is 1.63. The van der Waals surface area contributed by atoms with E-state index in [0.29, 0.717) is 18.9 Å². The molecule has 1 fully saturated rings. The zero-order valence-corrected chi connectivity index (χ0v) is 14.6. The zero-order chi connectivity index (χ0) is 18.7. The lowest BCUT2D eigenvalue weighted by molar-refractivity contribution is -0.131. The summed E-state index contributed by atoms with van der Waals surface area (Å²) in [5, 5.41) is 6.74. The van der Waals surface area contributed by atoms with E-state index in [0.717, 1.165) is 18.5 Å². The lowest BCUT2D eigenvalue weighted by Gasteiger charge is -2.32. The number of aromatic nitrogens is 3. The molecule has 26 heavy (non-hydrogen) atoms. The number of likely N-dealkylation sites (tertiary alicyclic amines) is 1. The quantitative estimate of drug-likeness (QED) is 0.797. The second-order valence-corrected chi connectivity index (χ2v) is 6.33. The Balaban J connectivity index is 1.85. The van der Waals surface area contributed by atoms with Crippen LogP contribution >= 0.6 is 0 Å². The third-order valence-electron chi connectivity index (χ3n) is 4.52. The number of urea groups is 1. The molecule has 1 unspecified atom stereocenters. The molecule has 1 aliphatic rings. The van der Waals surface area contributed by atoms with Crippen LogP contribution in [-0.2, 0) is 11.8 Å². The molecule has 0 spiro atoms. The highest BCUT2D eigenvalue weighted by molar-refractivity contribution is 5.83. The van der Waals surface area contributed by atoms with Gasteiger partial charge in [0.1, 0.15) is 5.82 Å². The Morgan fingerprint density at radius 1 is 1.31 bits per heavy atom. The number of benzene rings is 1. The molecule has 0 bridgehead atoms. The molecule has 0 radical (unpaired) electrons. The topological polar surface area (TPSA) is 115 Å². The van der Waals surface area contributed by atoms with E-state index in [1.54, 1.807) is 16.5 Å². The van der Waals surface area contributed by atoms with Crippen LogP contribution in [-0.4, -0.2) is 50.8 Å². The zero-order valence-electron chi connectivity index (χ0n) is 14.6. The molecule has 3 N–H and O–H groups in total. The number of hydrogen-bond acceptors (Lipinski definition) is 4. The van der Waals surface area contributed by atoms with Crippen molar-refractivity contribution in [1.29, 1.82) is 0 Å². The molecule has 1 aromatic heterocycles. The lowest BCUT2D eigenvalue weighted by Crippen LogP contribution is -2.45. The van der Waals surface area contributed by atoms with E-state index in [-0.39, 0.29) is 24.1 Å². The van der Waals surface area contributed by atoms with Gasteiger partial charge in [-0.15, -0.1) is 0 Å². The molecule has 1 saturated heterocycles. The minimum absolute atomic E-state index is 0.0598. The Hall–Kier alpha value is -3.10. The fraction of sp³-hybridized carbons (Fsp3) is 0.412. The summed E-state index contributed by atoms with van der Waals surface area (Å²) in [6, 6.07) is 8.60. The molecule has 0 saturated carbocycles. The van der Waals surface area contributed by atoms with Crippen molar-refractivity contribution in [3.05, 3.63) is 46.6 Å². The number of piperidine rings is 1. The average Bonchev–Trinajstić information content (AvgIpc) is 2.95. The number of nitrogens with two attached hydrogens (primary N) is 1. The smallest absolute Gasteiger partial charge is 0.350 e. The average molecular weight is 358 g/mol. The van der Waals surface area contributed by atoms with Gasteiger partial charge in [0.15, 0.2) is 0 Å². The Kier molecular flexibility index (Phi) is 5.06. The standard InChI is InChI=1S/C17H22N6O3/c1-21-17(26)23(13-7-3-2-4-8-13)15(20-21)12-6-5-9-22(11-12)14(24)10-19-16(18)25/h2-4,7-8,12H,5-6,9-11H2,1H3,(H3,18,19,25). The van der Waals surface area contributed by atoms with Crippen molar-refractivity contribution in [2.75, 3.05) is 19.6 Å². The van der Waals surface area contributed by atoms with Crippen LogP contribution in [0.25, 0.3) is 5.69 Å². The first-order valence-corrected chi connectivity index (χ1v) is 8.50. The van der Waals surface area contributed by atoms with Crippen LogP contribution in [0.4, 0.5) is 4.79 Å². The highest BCUT2D eigenvalue weighted by Crippen LogP contribution is 2.26. The number of nitrogens with one attached hydrogen (secondary N) is 1. The minimum Gasteiger partial charge on any atom is -0.352 e. The molecule has 2 heterocycles. The summed E-state index contributed by atoms with van der Waals surface area (Å²) >= 11 is 0. The Morgan fingerprint density at radius 2 is 2.04 bits per heavy atom. The number of primary amides is 1. The van der Waals surface area contributed by atoms with Gasteiger partial charge < -0.3 is 16.0 Å². The molecule has 1 atom stereocenters. The van der Waals surface area contributed by atoms with Crippen LogP contribution in [0.3, 0.4) is 0 Å². The maximum Gasteiger partial charge on any atom is 0.350 e. The van der Waals surface area contributed by atoms with E-state index in [1.165, 1.54) is 4.68 Å². The van der Waals surface area contributed by atoms with Gasteiger partial charge in [-0.25, -0.2) is 18.8 Å². The highest BCUT2D eigenvalue weighted by atomic mass is 16.2. The second kappa shape index (κ2) is 7.42. The number of hydrogen-bond donors (Lipinski definition) is 2. The predicted molar refractivity (Wildman–Crippen MR) is 94.9 cm³/mol. The van der Waals surface area contributed by atoms with Crippen molar-refractivity contribution >= 4 is 11.9 Å². The summed E-state index contributed by atoms with van der Waals surface area (Å²) in [5.41, 5.74) is 5.55. The van der Waals surface area contributed by atoms with Crippen molar-refractivity contribution in [3.63, 3.8) is 0 Å². The molecule has 9 heteroatoms. The number of aryl methyl sites for hydroxylation is 1. The van der Waals surface area contributed by atoms with Gasteiger partial charge in [-0.2, -0.15) is 5.10 Å². The third kappa shape index (κ3) is 3.61. The van der Waals surface area contributed by atoms with Crippen molar-refractivity contribution in [2.45, 2.75) is 18.8 Å². The van der Waals surface area contributed by atoms with Crippen LogP contribution in [0.1, 0.15) is 24.6 Å². The number of carbonyl (C=O) groups excluding carboxylic acids is 2. The Morgan fingerprint density at radius 3 is 2.73 bits per heavy atom. The van der Waals surface area contributed by atoms with Gasteiger partial charge in [-0.3, -0.25) is 4.79 Å². The number of rotatable bonds is 4. The summed E-state index contributed by atoms with van der Waals surface area (Å²) in [7, 11) is 1.62. The van der Waals surface area contributed by atoms with Crippen LogP contribution in [0.15, 0.2) is 35.1 Å². The second-order valence-electron chi connectivity index (χ2n) is 6.33. The molecule has 3 amide bonds. The van der Waals surface area contributed by atoms with Gasteiger partial charge in [0.2, 0.25) is 5.91 Å². The SMILES string of the molecule is Cn1nc(C2CCCN(C(=O)CNC(N)=O)C2)n(-c2ccccc2)c1=O. The van der Waals surface area contributed by atoms with Crippen LogP contribution in [0.2, 0.25) is 0 Å². The molecule has 1 aromatic carbocycles. The molecule has 9 nitrogen and oxygen atoms in total.